The van der Waals surface area contributed by atoms with Gasteiger partial charge < -0.3 is 20.1 Å². The normalized spacial score (nSPS) is 10.1. The van der Waals surface area contributed by atoms with E-state index >= 15 is 0 Å². The number of hydrogen-bond acceptors (Lipinski definition) is 6. The van der Waals surface area contributed by atoms with Crippen LogP contribution in [-0.4, -0.2) is 44.7 Å². The second kappa shape index (κ2) is 9.55. The number of ether oxygens (including phenoxy) is 2. The Morgan fingerprint density at radius 2 is 1.96 bits per heavy atom. The summed E-state index contributed by atoms with van der Waals surface area (Å²) in [5, 5.41) is 8.72. The number of anilines is 1. The first-order chi connectivity index (χ1) is 12.1. The molecule has 1 heterocycles. The molecule has 132 valence electrons. The summed E-state index contributed by atoms with van der Waals surface area (Å²) in [6.45, 7) is 0.298. The fraction of sp³-hybridized carbons (Fsp3) is 0.235. The summed E-state index contributed by atoms with van der Waals surface area (Å²) in [5.41, 5.74) is 1.00. The number of rotatable bonds is 8. The summed E-state index contributed by atoms with van der Waals surface area (Å²) >= 11 is 1.40. The van der Waals surface area contributed by atoms with Crippen molar-refractivity contribution in [2.45, 2.75) is 0 Å². The van der Waals surface area contributed by atoms with E-state index in [9.17, 15) is 14.4 Å². The standard InChI is InChI=1S/C17H18N2O5S/c1-23-8-7-18-15(20)10-24-17(22)13-4-2-3-5-14(13)19-16(21)12-6-9-25-11-12/h2-6,9,11H,7-8,10H2,1H3,(H,18,20)(H,19,21). The molecule has 0 bridgehead atoms. The van der Waals surface area contributed by atoms with Crippen molar-refractivity contribution in [2.75, 3.05) is 32.2 Å². The molecule has 2 rings (SSSR count). The van der Waals surface area contributed by atoms with Crippen LogP contribution in [-0.2, 0) is 14.3 Å². The van der Waals surface area contributed by atoms with Gasteiger partial charge in [-0.1, -0.05) is 12.1 Å². The summed E-state index contributed by atoms with van der Waals surface area (Å²) in [4.78, 5) is 35.9. The SMILES string of the molecule is COCCNC(=O)COC(=O)c1ccccc1NC(=O)c1ccsc1. The van der Waals surface area contributed by atoms with E-state index < -0.39 is 18.5 Å². The van der Waals surface area contributed by atoms with Gasteiger partial charge in [-0.3, -0.25) is 9.59 Å². The molecule has 7 nitrogen and oxygen atoms in total. The maximum atomic E-state index is 12.2. The Bertz CT molecular complexity index is 730. The molecule has 2 aromatic rings. The van der Waals surface area contributed by atoms with E-state index in [2.05, 4.69) is 10.6 Å². The average Bonchev–Trinajstić information content (AvgIpc) is 3.15. The van der Waals surface area contributed by atoms with Crippen LogP contribution in [0.3, 0.4) is 0 Å². The largest absolute Gasteiger partial charge is 0.452 e. The first-order valence-corrected chi connectivity index (χ1v) is 8.41. The smallest absolute Gasteiger partial charge is 0.340 e. The number of carbonyl (C=O) groups excluding carboxylic acids is 3. The lowest BCUT2D eigenvalue weighted by Gasteiger charge is -2.10. The Balaban J connectivity index is 1.96. The number of para-hydroxylation sites is 1. The molecule has 2 amide bonds. The number of amides is 2. The molecule has 0 spiro atoms. The lowest BCUT2D eigenvalue weighted by atomic mass is 10.1. The molecule has 0 saturated heterocycles. The third-order valence-electron chi connectivity index (χ3n) is 3.14. The van der Waals surface area contributed by atoms with Gasteiger partial charge in [-0.15, -0.1) is 0 Å². The van der Waals surface area contributed by atoms with E-state index in [4.69, 9.17) is 9.47 Å². The van der Waals surface area contributed by atoms with Gasteiger partial charge in [0.25, 0.3) is 11.8 Å². The van der Waals surface area contributed by atoms with Crippen LogP contribution in [0.15, 0.2) is 41.1 Å². The summed E-state index contributed by atoms with van der Waals surface area (Å²) in [6, 6.07) is 8.15. The maximum absolute atomic E-state index is 12.2. The van der Waals surface area contributed by atoms with Crippen molar-refractivity contribution in [3.05, 3.63) is 52.2 Å². The molecule has 0 radical (unpaired) electrons. The Morgan fingerprint density at radius 1 is 1.16 bits per heavy atom. The quantitative estimate of drug-likeness (QED) is 0.553. The van der Waals surface area contributed by atoms with Crippen molar-refractivity contribution in [3.63, 3.8) is 0 Å². The number of hydrogen-bond donors (Lipinski definition) is 2. The third kappa shape index (κ3) is 5.70. The molecule has 0 aliphatic carbocycles. The van der Waals surface area contributed by atoms with Crippen molar-refractivity contribution in [2.24, 2.45) is 0 Å². The van der Waals surface area contributed by atoms with Crippen LogP contribution in [0.25, 0.3) is 0 Å². The van der Waals surface area contributed by atoms with Crippen molar-refractivity contribution in [3.8, 4) is 0 Å². The molecule has 1 aromatic heterocycles. The van der Waals surface area contributed by atoms with Gasteiger partial charge in [-0.05, 0) is 23.6 Å². The summed E-state index contributed by atoms with van der Waals surface area (Å²) in [6.07, 6.45) is 0. The molecule has 2 N–H and O–H groups in total. The van der Waals surface area contributed by atoms with E-state index in [1.165, 1.54) is 24.5 Å². The van der Waals surface area contributed by atoms with Gasteiger partial charge in [0.2, 0.25) is 0 Å². The van der Waals surface area contributed by atoms with Crippen LogP contribution < -0.4 is 10.6 Å². The lowest BCUT2D eigenvalue weighted by molar-refractivity contribution is -0.124. The molecule has 8 heteroatoms. The number of benzene rings is 1. The number of carbonyl (C=O) groups is 3. The Labute approximate surface area is 148 Å². The molecule has 25 heavy (non-hydrogen) atoms. The summed E-state index contributed by atoms with van der Waals surface area (Å²) in [7, 11) is 1.52. The Kier molecular flexibility index (Phi) is 7.12. The van der Waals surface area contributed by atoms with Crippen molar-refractivity contribution < 1.29 is 23.9 Å². The van der Waals surface area contributed by atoms with Crippen molar-refractivity contribution in [1.29, 1.82) is 0 Å². The fourth-order valence-corrected chi connectivity index (χ4v) is 2.55. The van der Waals surface area contributed by atoms with E-state index in [1.807, 2.05) is 0 Å². The summed E-state index contributed by atoms with van der Waals surface area (Å²) < 4.78 is 9.80. The molecule has 1 aromatic carbocycles. The highest BCUT2D eigenvalue weighted by Gasteiger charge is 2.16. The molecular weight excluding hydrogens is 344 g/mol. The Morgan fingerprint density at radius 3 is 2.68 bits per heavy atom. The van der Waals surface area contributed by atoms with Crippen LogP contribution >= 0.6 is 11.3 Å². The number of methoxy groups -OCH3 is 1. The van der Waals surface area contributed by atoms with Gasteiger partial charge in [0.1, 0.15) is 0 Å². The van der Waals surface area contributed by atoms with E-state index in [0.717, 1.165) is 0 Å². The van der Waals surface area contributed by atoms with Crippen LogP contribution in [0, 0.1) is 0 Å². The number of nitrogens with one attached hydrogen (secondary N) is 2. The van der Waals surface area contributed by atoms with Gasteiger partial charge in [0, 0.05) is 19.0 Å². The zero-order valence-electron chi connectivity index (χ0n) is 13.6. The minimum atomic E-state index is -0.692. The zero-order valence-corrected chi connectivity index (χ0v) is 14.4. The lowest BCUT2D eigenvalue weighted by Crippen LogP contribution is -2.31. The maximum Gasteiger partial charge on any atom is 0.340 e. The van der Waals surface area contributed by atoms with Crippen LogP contribution in [0.5, 0.6) is 0 Å². The predicted molar refractivity (Wildman–Crippen MR) is 93.9 cm³/mol. The molecule has 0 unspecified atom stereocenters. The highest BCUT2D eigenvalue weighted by Crippen LogP contribution is 2.18. The van der Waals surface area contributed by atoms with Crippen LogP contribution in [0.1, 0.15) is 20.7 Å². The van der Waals surface area contributed by atoms with E-state index in [0.29, 0.717) is 24.4 Å². The average molecular weight is 362 g/mol. The minimum Gasteiger partial charge on any atom is -0.452 e. The first kappa shape index (κ1) is 18.6. The fourth-order valence-electron chi connectivity index (χ4n) is 1.91. The zero-order chi connectivity index (χ0) is 18.1. The molecular formula is C17H18N2O5S. The highest BCUT2D eigenvalue weighted by molar-refractivity contribution is 7.08. The van der Waals surface area contributed by atoms with Gasteiger partial charge >= 0.3 is 5.97 Å². The second-order valence-electron chi connectivity index (χ2n) is 4.93. The minimum absolute atomic E-state index is 0.177. The number of thiophene rings is 1. The molecule has 0 aliphatic rings. The Hall–Kier alpha value is -2.71. The summed E-state index contributed by atoms with van der Waals surface area (Å²) in [5.74, 6) is -1.44. The molecule has 0 atom stereocenters. The molecule has 0 saturated carbocycles. The van der Waals surface area contributed by atoms with E-state index in [-0.39, 0.29) is 11.5 Å². The molecule has 0 fully saturated rings. The number of esters is 1. The second-order valence-corrected chi connectivity index (χ2v) is 5.71. The third-order valence-corrected chi connectivity index (χ3v) is 3.82. The topological polar surface area (TPSA) is 93.7 Å². The van der Waals surface area contributed by atoms with Gasteiger partial charge in [-0.25, -0.2) is 4.79 Å². The van der Waals surface area contributed by atoms with Gasteiger partial charge in [0.05, 0.1) is 23.4 Å². The monoisotopic (exact) mass is 362 g/mol. The van der Waals surface area contributed by atoms with Crippen LogP contribution in [0.2, 0.25) is 0 Å². The van der Waals surface area contributed by atoms with Crippen molar-refractivity contribution in [1.82, 2.24) is 5.32 Å². The predicted octanol–water partition coefficient (Wildman–Crippen LogP) is 1.92. The van der Waals surface area contributed by atoms with Crippen LogP contribution in [0.4, 0.5) is 5.69 Å². The highest BCUT2D eigenvalue weighted by atomic mass is 32.1. The first-order valence-electron chi connectivity index (χ1n) is 7.47. The van der Waals surface area contributed by atoms with Gasteiger partial charge in [-0.2, -0.15) is 11.3 Å². The van der Waals surface area contributed by atoms with Crippen molar-refractivity contribution >= 4 is 34.8 Å². The van der Waals surface area contributed by atoms with E-state index in [1.54, 1.807) is 35.0 Å². The molecule has 0 aliphatic heterocycles. The van der Waals surface area contributed by atoms with Gasteiger partial charge in [0.15, 0.2) is 6.61 Å².